The van der Waals surface area contributed by atoms with Crippen LogP contribution in [-0.4, -0.2) is 95.2 Å². The second kappa shape index (κ2) is 15.4. The van der Waals surface area contributed by atoms with E-state index >= 15 is 0 Å². The van der Waals surface area contributed by atoms with Crippen molar-refractivity contribution in [3.8, 4) is 5.75 Å². The van der Waals surface area contributed by atoms with E-state index in [0.717, 1.165) is 64.4 Å². The molecule has 30 heavy (non-hydrogen) atoms. The summed E-state index contributed by atoms with van der Waals surface area (Å²) in [5.41, 5.74) is 1.10. The standard InChI is InChI=1S/C20H32FN3O3.3ClH/c1-25-15-18-14-24(9-10-27-18)8-7-23-6-5-22-17(13-23)11-16-3-4-19(21)20(12-16)26-2;;;/h3-4,12,17-18,22H,5-11,13-15H2,1-2H3;3*1H/t17-,18+;;;/m1.../s1. The molecule has 2 heterocycles. The van der Waals surface area contributed by atoms with Crippen molar-refractivity contribution in [1.29, 1.82) is 0 Å². The van der Waals surface area contributed by atoms with E-state index in [2.05, 4.69) is 15.1 Å². The third-order valence-corrected chi connectivity index (χ3v) is 5.35. The highest BCUT2D eigenvalue weighted by Crippen LogP contribution is 2.19. The summed E-state index contributed by atoms with van der Waals surface area (Å²) in [5.74, 6) is 0.00913. The third-order valence-electron chi connectivity index (χ3n) is 5.35. The van der Waals surface area contributed by atoms with Gasteiger partial charge in [0.1, 0.15) is 0 Å². The van der Waals surface area contributed by atoms with E-state index in [4.69, 9.17) is 14.2 Å². The van der Waals surface area contributed by atoms with Crippen molar-refractivity contribution in [3.05, 3.63) is 29.6 Å². The summed E-state index contributed by atoms with van der Waals surface area (Å²) in [6, 6.07) is 5.52. The first-order valence-electron chi connectivity index (χ1n) is 9.79. The first kappa shape index (κ1) is 29.6. The number of halogens is 4. The zero-order valence-electron chi connectivity index (χ0n) is 17.7. The van der Waals surface area contributed by atoms with Crippen LogP contribution < -0.4 is 10.1 Å². The van der Waals surface area contributed by atoms with Crippen molar-refractivity contribution < 1.29 is 18.6 Å². The summed E-state index contributed by atoms with van der Waals surface area (Å²) in [6.07, 6.45) is 1.06. The number of benzene rings is 1. The van der Waals surface area contributed by atoms with Crippen molar-refractivity contribution in [2.75, 3.05) is 73.2 Å². The van der Waals surface area contributed by atoms with Gasteiger partial charge in [0.25, 0.3) is 0 Å². The van der Waals surface area contributed by atoms with Gasteiger partial charge in [-0.1, -0.05) is 6.07 Å². The third kappa shape index (κ3) is 9.01. The van der Waals surface area contributed by atoms with Crippen LogP contribution in [-0.2, 0) is 15.9 Å². The maximum atomic E-state index is 13.6. The Morgan fingerprint density at radius 2 is 1.83 bits per heavy atom. The van der Waals surface area contributed by atoms with Crippen LogP contribution in [0.4, 0.5) is 4.39 Å². The van der Waals surface area contributed by atoms with Gasteiger partial charge >= 0.3 is 0 Å². The van der Waals surface area contributed by atoms with Crippen LogP contribution in [0.5, 0.6) is 5.75 Å². The maximum Gasteiger partial charge on any atom is 0.165 e. The molecular formula is C20H35Cl3FN3O3. The van der Waals surface area contributed by atoms with Crippen LogP contribution in [0.1, 0.15) is 5.56 Å². The van der Waals surface area contributed by atoms with Gasteiger partial charge in [-0.3, -0.25) is 9.80 Å². The number of piperazine rings is 1. The molecule has 6 nitrogen and oxygen atoms in total. The fraction of sp³-hybridized carbons (Fsp3) is 0.700. The van der Waals surface area contributed by atoms with E-state index in [1.54, 1.807) is 13.2 Å². The first-order chi connectivity index (χ1) is 13.2. The van der Waals surface area contributed by atoms with Gasteiger partial charge in [0.15, 0.2) is 11.6 Å². The lowest BCUT2D eigenvalue weighted by Gasteiger charge is -2.37. The zero-order valence-corrected chi connectivity index (χ0v) is 20.1. The average Bonchev–Trinajstić information content (AvgIpc) is 2.69. The highest BCUT2D eigenvalue weighted by Gasteiger charge is 2.23. The minimum absolute atomic E-state index is 0. The molecule has 0 bridgehead atoms. The second-order valence-electron chi connectivity index (χ2n) is 7.37. The van der Waals surface area contributed by atoms with Gasteiger partial charge in [0.05, 0.1) is 26.4 Å². The SMILES string of the molecule is COC[C@@H]1CN(CCN2CCN[C@H](Cc3ccc(F)c(OC)c3)C2)CCO1.Cl.Cl.Cl. The largest absolute Gasteiger partial charge is 0.494 e. The smallest absolute Gasteiger partial charge is 0.165 e. The quantitative estimate of drug-likeness (QED) is 0.603. The van der Waals surface area contributed by atoms with Gasteiger partial charge in [-0.2, -0.15) is 0 Å². The summed E-state index contributed by atoms with van der Waals surface area (Å²) in [7, 11) is 3.23. The Kier molecular flexibility index (Phi) is 15.2. The van der Waals surface area contributed by atoms with Gasteiger partial charge in [-0.25, -0.2) is 4.39 Å². The fourth-order valence-electron chi connectivity index (χ4n) is 3.90. The van der Waals surface area contributed by atoms with Crippen LogP contribution in [0.25, 0.3) is 0 Å². The summed E-state index contributed by atoms with van der Waals surface area (Å²) in [6.45, 7) is 8.55. The van der Waals surface area contributed by atoms with Gasteiger partial charge in [-0.15, -0.1) is 37.2 Å². The molecule has 1 aromatic rings. The van der Waals surface area contributed by atoms with Gasteiger partial charge < -0.3 is 19.5 Å². The molecule has 2 atom stereocenters. The lowest BCUT2D eigenvalue weighted by molar-refractivity contribution is -0.0624. The van der Waals surface area contributed by atoms with E-state index in [1.165, 1.54) is 13.2 Å². The highest BCUT2D eigenvalue weighted by molar-refractivity contribution is 5.86. The first-order valence-corrected chi connectivity index (χ1v) is 9.79. The van der Waals surface area contributed by atoms with Gasteiger partial charge in [0, 0.05) is 59.0 Å². The molecule has 2 aliphatic heterocycles. The summed E-state index contributed by atoms with van der Waals surface area (Å²) in [5, 5.41) is 3.59. The number of nitrogens with one attached hydrogen (secondary N) is 1. The molecule has 2 saturated heterocycles. The monoisotopic (exact) mass is 489 g/mol. The molecule has 176 valence electrons. The topological polar surface area (TPSA) is 46.2 Å². The molecule has 2 aliphatic rings. The number of methoxy groups -OCH3 is 2. The van der Waals surface area contributed by atoms with Crippen molar-refractivity contribution in [2.24, 2.45) is 0 Å². The van der Waals surface area contributed by atoms with Crippen LogP contribution >= 0.6 is 37.2 Å². The average molecular weight is 491 g/mol. The Labute approximate surface area is 198 Å². The van der Waals surface area contributed by atoms with Crippen LogP contribution in [0.15, 0.2) is 18.2 Å². The predicted molar refractivity (Wildman–Crippen MR) is 125 cm³/mol. The molecule has 2 fully saturated rings. The fourth-order valence-corrected chi connectivity index (χ4v) is 3.90. The Morgan fingerprint density at radius 1 is 1.10 bits per heavy atom. The summed E-state index contributed by atoms with van der Waals surface area (Å²) in [4.78, 5) is 4.98. The lowest BCUT2D eigenvalue weighted by Crippen LogP contribution is -2.54. The molecule has 0 unspecified atom stereocenters. The molecule has 0 radical (unpaired) electrons. The number of rotatable bonds is 8. The van der Waals surface area contributed by atoms with E-state index in [9.17, 15) is 4.39 Å². The predicted octanol–water partition coefficient (Wildman–Crippen LogP) is 2.26. The molecule has 0 aromatic heterocycles. The van der Waals surface area contributed by atoms with E-state index in [-0.39, 0.29) is 49.1 Å². The number of ether oxygens (including phenoxy) is 3. The number of nitrogens with zero attached hydrogens (tertiary/aromatic N) is 2. The highest BCUT2D eigenvalue weighted by atomic mass is 35.5. The molecule has 1 aromatic carbocycles. The van der Waals surface area contributed by atoms with E-state index in [0.29, 0.717) is 18.4 Å². The molecule has 0 saturated carbocycles. The number of hydrogen-bond acceptors (Lipinski definition) is 6. The zero-order chi connectivity index (χ0) is 19.1. The molecule has 0 amide bonds. The second-order valence-corrected chi connectivity index (χ2v) is 7.37. The van der Waals surface area contributed by atoms with Gasteiger partial charge in [0.2, 0.25) is 0 Å². The molecule has 10 heteroatoms. The van der Waals surface area contributed by atoms with Crippen molar-refractivity contribution in [2.45, 2.75) is 18.6 Å². The maximum absolute atomic E-state index is 13.6. The van der Waals surface area contributed by atoms with Crippen LogP contribution in [0.3, 0.4) is 0 Å². The minimum Gasteiger partial charge on any atom is -0.494 e. The van der Waals surface area contributed by atoms with Crippen LogP contribution in [0, 0.1) is 5.82 Å². The van der Waals surface area contributed by atoms with E-state index < -0.39 is 0 Å². The van der Waals surface area contributed by atoms with Gasteiger partial charge in [-0.05, 0) is 24.1 Å². The number of hydrogen-bond donors (Lipinski definition) is 1. The van der Waals surface area contributed by atoms with Crippen LogP contribution in [0.2, 0.25) is 0 Å². The molecular weight excluding hydrogens is 456 g/mol. The number of morpholine rings is 1. The Bertz CT molecular complexity index is 602. The Morgan fingerprint density at radius 3 is 2.53 bits per heavy atom. The van der Waals surface area contributed by atoms with Crippen molar-refractivity contribution in [1.82, 2.24) is 15.1 Å². The lowest BCUT2D eigenvalue weighted by atomic mass is 10.0. The summed E-state index contributed by atoms with van der Waals surface area (Å²) >= 11 is 0. The Hall–Kier alpha value is -0.380. The van der Waals surface area contributed by atoms with E-state index in [1.807, 2.05) is 6.07 Å². The summed E-state index contributed by atoms with van der Waals surface area (Å²) < 4.78 is 29.6. The molecule has 3 rings (SSSR count). The minimum atomic E-state index is -0.309. The Balaban J connectivity index is 0.00000280. The molecule has 0 spiro atoms. The normalized spacial score (nSPS) is 22.4. The van der Waals surface area contributed by atoms with Crippen molar-refractivity contribution >= 4 is 37.2 Å². The molecule has 1 N–H and O–H groups in total. The molecule has 0 aliphatic carbocycles. The van der Waals surface area contributed by atoms with Crippen molar-refractivity contribution in [3.63, 3.8) is 0 Å².